The molecule has 96 valence electrons. The van der Waals surface area contributed by atoms with Crippen molar-refractivity contribution in [2.24, 2.45) is 11.1 Å². The minimum Gasteiger partial charge on any atom is -0.469 e. The summed E-state index contributed by atoms with van der Waals surface area (Å²) in [5, 5.41) is 0. The Hall–Kier alpha value is -0.390. The van der Waals surface area contributed by atoms with Crippen LogP contribution in [0.1, 0.15) is 36.8 Å². The Labute approximate surface area is 114 Å². The molecular formula is C12H18BrNO2S. The van der Waals surface area contributed by atoms with Gasteiger partial charge in [0.2, 0.25) is 0 Å². The Balaban J connectivity index is 2.82. The van der Waals surface area contributed by atoms with Gasteiger partial charge in [-0.25, -0.2) is 0 Å². The maximum absolute atomic E-state index is 11.6. The number of halogens is 1. The van der Waals surface area contributed by atoms with Crippen LogP contribution < -0.4 is 5.73 Å². The molecule has 0 radical (unpaired) electrons. The van der Waals surface area contributed by atoms with E-state index in [1.54, 1.807) is 11.3 Å². The first kappa shape index (κ1) is 14.7. The third-order valence-electron chi connectivity index (χ3n) is 2.79. The van der Waals surface area contributed by atoms with Crippen LogP contribution in [-0.2, 0) is 9.53 Å². The molecule has 0 aliphatic rings. The monoisotopic (exact) mass is 319 g/mol. The number of nitrogens with two attached hydrogens (primary N) is 1. The number of ether oxygens (including phenoxy) is 1. The van der Waals surface area contributed by atoms with Crippen molar-refractivity contribution < 1.29 is 9.53 Å². The summed E-state index contributed by atoms with van der Waals surface area (Å²) in [4.78, 5) is 12.8. The number of esters is 1. The quantitative estimate of drug-likeness (QED) is 0.865. The Morgan fingerprint density at radius 2 is 2.24 bits per heavy atom. The smallest absolute Gasteiger partial charge is 0.311 e. The van der Waals surface area contributed by atoms with Crippen molar-refractivity contribution >= 4 is 33.2 Å². The van der Waals surface area contributed by atoms with Gasteiger partial charge in [-0.3, -0.25) is 4.79 Å². The molecule has 17 heavy (non-hydrogen) atoms. The van der Waals surface area contributed by atoms with E-state index in [-0.39, 0.29) is 12.0 Å². The summed E-state index contributed by atoms with van der Waals surface area (Å²) in [5.74, 6) is -0.222. The Morgan fingerprint density at radius 3 is 2.65 bits per heavy atom. The zero-order chi connectivity index (χ0) is 13.2. The fourth-order valence-corrected chi connectivity index (χ4v) is 3.63. The minimum absolute atomic E-state index is 0.147. The largest absolute Gasteiger partial charge is 0.469 e. The van der Waals surface area contributed by atoms with Gasteiger partial charge < -0.3 is 10.5 Å². The van der Waals surface area contributed by atoms with Gasteiger partial charge >= 0.3 is 5.97 Å². The minimum atomic E-state index is -0.560. The highest BCUT2D eigenvalue weighted by molar-refractivity contribution is 9.11. The number of rotatable bonds is 4. The van der Waals surface area contributed by atoms with E-state index in [4.69, 9.17) is 10.5 Å². The molecule has 1 rings (SSSR count). The summed E-state index contributed by atoms with van der Waals surface area (Å²) in [6.07, 6.45) is 0.573. The normalized spacial score (nSPS) is 13.5. The third-order valence-corrected chi connectivity index (χ3v) is 4.36. The molecule has 5 heteroatoms. The molecule has 0 amide bonds. The fourth-order valence-electron chi connectivity index (χ4n) is 1.85. The Bertz CT molecular complexity index is 415. The summed E-state index contributed by atoms with van der Waals surface area (Å²) in [5.41, 5.74) is 6.70. The Morgan fingerprint density at radius 1 is 1.65 bits per heavy atom. The lowest BCUT2D eigenvalue weighted by atomic mass is 9.84. The molecule has 0 aliphatic carbocycles. The second-order valence-corrected chi connectivity index (χ2v) is 7.38. The van der Waals surface area contributed by atoms with Crippen molar-refractivity contribution in [3.8, 4) is 0 Å². The molecule has 2 N–H and O–H groups in total. The van der Waals surface area contributed by atoms with Crippen LogP contribution in [0.4, 0.5) is 0 Å². The van der Waals surface area contributed by atoms with E-state index in [9.17, 15) is 4.79 Å². The van der Waals surface area contributed by atoms with Crippen molar-refractivity contribution in [1.29, 1.82) is 0 Å². The molecule has 0 fully saturated rings. The van der Waals surface area contributed by atoms with E-state index in [0.29, 0.717) is 6.42 Å². The van der Waals surface area contributed by atoms with Gasteiger partial charge in [-0.1, -0.05) is 0 Å². The first-order valence-corrected chi connectivity index (χ1v) is 6.98. The SMILES string of the molecule is COC(=O)C(C)(C)CC(N)c1cc(Br)sc1C. The number of aryl methyl sites for hydroxylation is 1. The molecule has 0 spiro atoms. The average molecular weight is 320 g/mol. The van der Waals surface area contributed by atoms with E-state index in [1.165, 1.54) is 12.0 Å². The summed E-state index contributed by atoms with van der Waals surface area (Å²) in [6, 6.07) is 1.88. The highest BCUT2D eigenvalue weighted by Crippen LogP contribution is 2.35. The predicted molar refractivity (Wildman–Crippen MR) is 74.1 cm³/mol. The van der Waals surface area contributed by atoms with E-state index in [0.717, 1.165) is 9.35 Å². The molecule has 0 saturated heterocycles. The van der Waals surface area contributed by atoms with Crippen molar-refractivity contribution in [2.45, 2.75) is 33.2 Å². The van der Waals surface area contributed by atoms with Crippen LogP contribution in [-0.4, -0.2) is 13.1 Å². The maximum atomic E-state index is 11.6. The van der Waals surface area contributed by atoms with Crippen molar-refractivity contribution in [3.05, 3.63) is 20.3 Å². The van der Waals surface area contributed by atoms with Gasteiger partial charge in [0.1, 0.15) is 0 Å². The second kappa shape index (κ2) is 5.50. The van der Waals surface area contributed by atoms with Crippen molar-refractivity contribution in [3.63, 3.8) is 0 Å². The van der Waals surface area contributed by atoms with Crippen LogP contribution in [0.3, 0.4) is 0 Å². The highest BCUT2D eigenvalue weighted by Gasteiger charge is 2.32. The standard InChI is InChI=1S/C12H18BrNO2S/c1-7-8(5-10(13)17-7)9(14)6-12(2,3)11(15)16-4/h5,9H,6,14H2,1-4H3. The number of carbonyl (C=O) groups excluding carboxylic acids is 1. The lowest BCUT2D eigenvalue weighted by Crippen LogP contribution is -2.30. The maximum Gasteiger partial charge on any atom is 0.311 e. The van der Waals surface area contributed by atoms with Gasteiger partial charge in [0.05, 0.1) is 16.3 Å². The lowest BCUT2D eigenvalue weighted by Gasteiger charge is -2.25. The number of carbonyl (C=O) groups is 1. The van der Waals surface area contributed by atoms with Crippen molar-refractivity contribution in [1.82, 2.24) is 0 Å². The molecule has 0 aromatic carbocycles. The molecular weight excluding hydrogens is 302 g/mol. The summed E-state index contributed by atoms with van der Waals surface area (Å²) in [6.45, 7) is 5.75. The molecule has 0 aliphatic heterocycles. The summed E-state index contributed by atoms with van der Waals surface area (Å²) >= 11 is 5.10. The van der Waals surface area contributed by atoms with Gasteiger partial charge in [0, 0.05) is 10.9 Å². The highest BCUT2D eigenvalue weighted by atomic mass is 79.9. The predicted octanol–water partition coefficient (Wildman–Crippen LogP) is 3.41. The van der Waals surface area contributed by atoms with Gasteiger partial charge in [0.25, 0.3) is 0 Å². The van der Waals surface area contributed by atoms with E-state index < -0.39 is 5.41 Å². The zero-order valence-electron chi connectivity index (χ0n) is 10.5. The Kier molecular flexibility index (Phi) is 4.75. The van der Waals surface area contributed by atoms with Crippen LogP contribution in [0.2, 0.25) is 0 Å². The number of methoxy groups -OCH3 is 1. The fraction of sp³-hybridized carbons (Fsp3) is 0.583. The average Bonchev–Trinajstić information content (AvgIpc) is 2.56. The van der Waals surface area contributed by atoms with Gasteiger partial charge in [-0.05, 0) is 54.8 Å². The van der Waals surface area contributed by atoms with Gasteiger partial charge in [0.15, 0.2) is 0 Å². The summed E-state index contributed by atoms with van der Waals surface area (Å²) < 4.78 is 5.85. The molecule has 1 heterocycles. The van der Waals surface area contributed by atoms with Crippen LogP contribution >= 0.6 is 27.3 Å². The molecule has 1 unspecified atom stereocenters. The van der Waals surface area contributed by atoms with Crippen molar-refractivity contribution in [2.75, 3.05) is 7.11 Å². The second-order valence-electron chi connectivity index (χ2n) is 4.75. The number of hydrogen-bond acceptors (Lipinski definition) is 4. The number of thiophene rings is 1. The van der Waals surface area contributed by atoms with E-state index >= 15 is 0 Å². The molecule has 1 aromatic heterocycles. The first-order chi connectivity index (χ1) is 7.77. The zero-order valence-corrected chi connectivity index (χ0v) is 12.9. The lowest BCUT2D eigenvalue weighted by molar-refractivity contribution is -0.151. The molecule has 3 nitrogen and oxygen atoms in total. The van der Waals surface area contributed by atoms with Crippen LogP contribution in [0.25, 0.3) is 0 Å². The van der Waals surface area contributed by atoms with Gasteiger partial charge in [-0.2, -0.15) is 0 Å². The van der Waals surface area contributed by atoms with Gasteiger partial charge in [-0.15, -0.1) is 11.3 Å². The van der Waals surface area contributed by atoms with E-state index in [1.807, 2.05) is 26.8 Å². The van der Waals surface area contributed by atoms with Crippen LogP contribution in [0.5, 0.6) is 0 Å². The summed E-state index contributed by atoms with van der Waals surface area (Å²) in [7, 11) is 1.40. The topological polar surface area (TPSA) is 52.3 Å². The molecule has 0 bridgehead atoms. The first-order valence-electron chi connectivity index (χ1n) is 5.37. The molecule has 1 aromatic rings. The number of hydrogen-bond donors (Lipinski definition) is 1. The van der Waals surface area contributed by atoms with Crippen LogP contribution in [0.15, 0.2) is 9.85 Å². The van der Waals surface area contributed by atoms with Crippen LogP contribution in [0, 0.1) is 12.3 Å². The third kappa shape index (κ3) is 3.53. The molecule has 0 saturated carbocycles. The molecule has 1 atom stereocenters. The van der Waals surface area contributed by atoms with E-state index in [2.05, 4.69) is 15.9 Å².